The molecule has 0 saturated carbocycles. The summed E-state index contributed by atoms with van der Waals surface area (Å²) in [5.74, 6) is -1.29. The molecule has 0 aromatic heterocycles. The Morgan fingerprint density at radius 2 is 1.73 bits per heavy atom. The van der Waals surface area contributed by atoms with Gasteiger partial charge < -0.3 is 39.9 Å². The summed E-state index contributed by atoms with van der Waals surface area (Å²) >= 11 is 1.67. The quantitative estimate of drug-likeness (QED) is 0.0750. The van der Waals surface area contributed by atoms with Gasteiger partial charge in [-0.3, -0.25) is 14.6 Å². The number of methoxy groups -OCH3 is 1. The average Bonchev–Trinajstić information content (AvgIpc) is 3.64. The summed E-state index contributed by atoms with van der Waals surface area (Å²) < 4.78 is 11.5. The van der Waals surface area contributed by atoms with Crippen molar-refractivity contribution in [2.24, 2.45) is 4.99 Å². The average molecular weight is 768 g/mol. The summed E-state index contributed by atoms with van der Waals surface area (Å²) in [6, 6.07) is 24.0. The van der Waals surface area contributed by atoms with Crippen LogP contribution < -0.4 is 26.2 Å². The zero-order valence-corrected chi connectivity index (χ0v) is 33.2. The van der Waals surface area contributed by atoms with Crippen LogP contribution in [-0.4, -0.2) is 87.7 Å². The first-order chi connectivity index (χ1) is 26.5. The van der Waals surface area contributed by atoms with Crippen molar-refractivity contribution in [1.82, 2.24) is 16.0 Å². The summed E-state index contributed by atoms with van der Waals surface area (Å²) in [5, 5.41) is 19.5. The van der Waals surface area contributed by atoms with E-state index in [1.54, 1.807) is 62.3 Å². The Bertz CT molecular complexity index is 2150. The first kappa shape index (κ1) is 42.2. The Morgan fingerprint density at radius 3 is 2.31 bits per heavy atom. The second-order valence-corrected chi connectivity index (χ2v) is 14.2. The van der Waals surface area contributed by atoms with Gasteiger partial charge in [0.2, 0.25) is 0 Å². The van der Waals surface area contributed by atoms with Gasteiger partial charge in [-0.2, -0.15) is 0 Å². The highest BCUT2D eigenvalue weighted by molar-refractivity contribution is 8.00. The second-order valence-electron chi connectivity index (χ2n) is 12.6. The van der Waals surface area contributed by atoms with Crippen molar-refractivity contribution in [1.29, 1.82) is 0 Å². The van der Waals surface area contributed by atoms with Crippen LogP contribution in [0.1, 0.15) is 53.1 Å². The Hall–Kier alpha value is -5.50. The van der Waals surface area contributed by atoms with E-state index in [4.69, 9.17) is 14.3 Å². The number of likely N-dealkylation sites (N-methyl/N-ethyl adjacent to an activating group) is 1. The van der Waals surface area contributed by atoms with Crippen molar-refractivity contribution >= 4 is 52.6 Å². The highest BCUT2D eigenvalue weighted by Crippen LogP contribution is 2.42. The maximum Gasteiger partial charge on any atom is 0.338 e. The molecular weight excluding hydrogens is 719 g/mol. The van der Waals surface area contributed by atoms with E-state index in [1.165, 1.54) is 13.2 Å². The largest absolute Gasteiger partial charge is 0.480 e. The Balaban J connectivity index is 0.000000407. The summed E-state index contributed by atoms with van der Waals surface area (Å²) in [4.78, 5) is 55.1. The molecular formula is C42H49N5O7S. The van der Waals surface area contributed by atoms with Crippen LogP contribution in [0.3, 0.4) is 0 Å². The lowest BCUT2D eigenvalue weighted by Gasteiger charge is -2.20. The van der Waals surface area contributed by atoms with Crippen LogP contribution in [0, 0.1) is 0 Å². The van der Waals surface area contributed by atoms with Crippen molar-refractivity contribution in [2.75, 3.05) is 46.7 Å². The molecule has 13 heteroatoms. The lowest BCUT2D eigenvalue weighted by atomic mass is 9.89. The summed E-state index contributed by atoms with van der Waals surface area (Å²) in [6.07, 6.45) is 0.674. The zero-order chi connectivity index (χ0) is 40.2. The van der Waals surface area contributed by atoms with Gasteiger partial charge in [-0.05, 0) is 54.6 Å². The number of ether oxygens (including phenoxy) is 1. The topological polar surface area (TPSA) is 163 Å². The van der Waals surface area contributed by atoms with E-state index in [0.717, 1.165) is 34.1 Å². The summed E-state index contributed by atoms with van der Waals surface area (Å²) in [5.41, 5.74) is 4.76. The zero-order valence-electron chi connectivity index (χ0n) is 32.4. The van der Waals surface area contributed by atoms with Gasteiger partial charge >= 0.3 is 11.9 Å². The smallest absolute Gasteiger partial charge is 0.338 e. The SMILES string of the molecule is CC.CN=c1ccc2c(-c3ccc(C(=O)NC(C=O)c4ccccc4)cc3C(=O)OC)c3ccc(N(C)C)cc3oc-2c1.CNC(C(=O)O)C1NCC(C)S1. The molecule has 4 unspecified atom stereocenters. The number of carbonyl (C=O) groups is 4. The van der Waals surface area contributed by atoms with Crippen LogP contribution >= 0.6 is 11.8 Å². The molecule has 3 aromatic carbocycles. The van der Waals surface area contributed by atoms with Crippen molar-refractivity contribution in [3.05, 3.63) is 107 Å². The highest BCUT2D eigenvalue weighted by atomic mass is 32.2. The Labute approximate surface area is 325 Å². The number of hydrogen-bond donors (Lipinski definition) is 4. The third-order valence-corrected chi connectivity index (χ3v) is 10.2. The maximum absolute atomic E-state index is 13.2. The number of amides is 1. The molecule has 3 aromatic rings. The molecule has 4 N–H and O–H groups in total. The van der Waals surface area contributed by atoms with Gasteiger partial charge in [-0.25, -0.2) is 4.79 Å². The number of fused-ring (bicyclic) bond motifs is 2. The number of esters is 1. The van der Waals surface area contributed by atoms with Gasteiger partial charge in [-0.15, -0.1) is 11.8 Å². The number of hydrogen-bond acceptors (Lipinski definition) is 11. The van der Waals surface area contributed by atoms with E-state index >= 15 is 0 Å². The molecule has 55 heavy (non-hydrogen) atoms. The standard InChI is InChI=1S/C33H29N3O5.C7H14N2O2S.C2H6/c1-34-22-11-14-25-29(17-22)41-30-18-23(36(2)3)12-15-26(30)31(25)24-13-10-21(16-27(24)33(39)40-4)32(38)35-28(19-37)20-8-6-5-7-9-20;1-4-3-9-6(12-4)5(8-2)7(10)11;1-2/h5-19,28H,1-4H3,(H,35,38);4-6,8-9H,3H2,1-2H3,(H,10,11);1-2H3. The van der Waals surface area contributed by atoms with Gasteiger partial charge in [0.1, 0.15) is 29.7 Å². The number of rotatable bonds is 10. The van der Waals surface area contributed by atoms with E-state index in [0.29, 0.717) is 34.0 Å². The van der Waals surface area contributed by atoms with Crippen molar-refractivity contribution < 1.29 is 33.4 Å². The lowest BCUT2D eigenvalue weighted by molar-refractivity contribution is -0.139. The van der Waals surface area contributed by atoms with Crippen LogP contribution in [0.15, 0.2) is 94.3 Å². The van der Waals surface area contributed by atoms with Crippen LogP contribution in [0.2, 0.25) is 0 Å². The van der Waals surface area contributed by atoms with E-state index in [-0.39, 0.29) is 16.5 Å². The molecule has 6 rings (SSSR count). The number of benzene rings is 4. The predicted molar refractivity (Wildman–Crippen MR) is 219 cm³/mol. The number of carbonyl (C=O) groups excluding carboxylic acids is 3. The number of nitrogens with zero attached hydrogens (tertiary/aromatic N) is 2. The maximum atomic E-state index is 13.2. The molecule has 1 aliphatic carbocycles. The number of aldehydes is 1. The minimum Gasteiger partial charge on any atom is -0.480 e. The molecule has 1 amide bonds. The van der Waals surface area contributed by atoms with Gasteiger partial charge in [0.25, 0.3) is 5.91 Å². The minimum atomic E-state index is -0.836. The van der Waals surface area contributed by atoms with Gasteiger partial charge in [0, 0.05) is 72.8 Å². The van der Waals surface area contributed by atoms with Gasteiger partial charge in [0.15, 0.2) is 0 Å². The molecule has 12 nitrogen and oxygen atoms in total. The van der Waals surface area contributed by atoms with Gasteiger partial charge in [-0.1, -0.05) is 57.2 Å². The summed E-state index contributed by atoms with van der Waals surface area (Å²) in [7, 11) is 8.57. The first-order valence-corrected chi connectivity index (χ1v) is 18.9. The fraction of sp³-hybridized carbons (Fsp3) is 0.310. The number of carboxylic acid groups (broad SMARTS) is 1. The minimum absolute atomic E-state index is 0.00231. The Kier molecular flexibility index (Phi) is 15.1. The van der Waals surface area contributed by atoms with Crippen LogP contribution in [-0.2, 0) is 14.3 Å². The van der Waals surface area contributed by atoms with Crippen LogP contribution in [0.4, 0.5) is 5.69 Å². The van der Waals surface area contributed by atoms with Crippen molar-refractivity contribution in [2.45, 2.75) is 43.5 Å². The summed E-state index contributed by atoms with van der Waals surface area (Å²) in [6.45, 7) is 6.98. The van der Waals surface area contributed by atoms with Crippen LogP contribution in [0.25, 0.3) is 33.4 Å². The van der Waals surface area contributed by atoms with E-state index in [1.807, 2.05) is 75.3 Å². The highest BCUT2D eigenvalue weighted by Gasteiger charge is 2.32. The van der Waals surface area contributed by atoms with Crippen molar-refractivity contribution in [3.63, 3.8) is 0 Å². The molecule has 0 radical (unpaired) electrons. The number of aliphatic carboxylic acids is 1. The Morgan fingerprint density at radius 1 is 1.02 bits per heavy atom. The van der Waals surface area contributed by atoms with Gasteiger partial charge in [0.05, 0.1) is 23.4 Å². The lowest BCUT2D eigenvalue weighted by Crippen LogP contribution is -2.47. The number of anilines is 1. The van der Waals surface area contributed by atoms with E-state index in [2.05, 4.69) is 27.9 Å². The first-order valence-electron chi connectivity index (χ1n) is 17.9. The van der Waals surface area contributed by atoms with E-state index < -0.39 is 29.9 Å². The molecule has 0 bridgehead atoms. The molecule has 0 spiro atoms. The normalized spacial score (nSPS) is 16.2. The molecule has 2 aliphatic heterocycles. The molecule has 2 heterocycles. The predicted octanol–water partition coefficient (Wildman–Crippen LogP) is 5.99. The molecule has 4 atom stereocenters. The van der Waals surface area contributed by atoms with Crippen molar-refractivity contribution in [3.8, 4) is 22.5 Å². The number of nitrogens with one attached hydrogen (secondary N) is 3. The molecule has 290 valence electrons. The molecule has 1 saturated heterocycles. The third kappa shape index (κ3) is 9.98. The third-order valence-electron chi connectivity index (χ3n) is 8.87. The fourth-order valence-electron chi connectivity index (χ4n) is 6.07. The molecule has 1 fully saturated rings. The number of thioether (sulfide) groups is 1. The molecule has 3 aliphatic rings. The fourth-order valence-corrected chi connectivity index (χ4v) is 7.36. The van der Waals surface area contributed by atoms with Crippen LogP contribution in [0.5, 0.6) is 0 Å². The number of carboxylic acids is 1. The second kappa shape index (κ2) is 19.7. The van der Waals surface area contributed by atoms with E-state index in [9.17, 15) is 19.2 Å². The monoisotopic (exact) mass is 767 g/mol.